The van der Waals surface area contributed by atoms with Crippen LogP contribution in [0.1, 0.15) is 11.1 Å². The van der Waals surface area contributed by atoms with Crippen LogP contribution >= 0.6 is 11.6 Å². The molecule has 1 aromatic carbocycles. The molecule has 0 aliphatic heterocycles. The maximum Gasteiger partial charge on any atom is 0.249 e. The fourth-order valence-corrected chi connectivity index (χ4v) is 1.75. The van der Waals surface area contributed by atoms with Crippen LogP contribution in [0.25, 0.3) is 6.08 Å². The molecule has 0 bridgehead atoms. The molecule has 0 unspecified atom stereocenters. The SMILES string of the molecule is NCc1cccnc1NC(=O)/C=C/c1ccc(Cl)cc1. The zero-order valence-electron chi connectivity index (χ0n) is 10.7. The molecule has 3 N–H and O–H groups in total. The Hall–Kier alpha value is -2.17. The molecule has 1 amide bonds. The highest BCUT2D eigenvalue weighted by Gasteiger charge is 2.03. The summed E-state index contributed by atoms with van der Waals surface area (Å²) in [5.74, 6) is 0.231. The summed E-state index contributed by atoms with van der Waals surface area (Å²) in [6, 6.07) is 10.8. The molecule has 4 nitrogen and oxygen atoms in total. The van der Waals surface area contributed by atoms with E-state index in [0.717, 1.165) is 11.1 Å². The van der Waals surface area contributed by atoms with Crippen LogP contribution in [0.3, 0.4) is 0 Å². The zero-order chi connectivity index (χ0) is 14.4. The number of rotatable bonds is 4. The smallest absolute Gasteiger partial charge is 0.249 e. The highest BCUT2D eigenvalue weighted by Crippen LogP contribution is 2.12. The van der Waals surface area contributed by atoms with Crippen LogP contribution in [0, 0.1) is 0 Å². The highest BCUT2D eigenvalue weighted by atomic mass is 35.5. The van der Waals surface area contributed by atoms with Crippen molar-refractivity contribution in [2.45, 2.75) is 6.54 Å². The molecule has 0 saturated heterocycles. The third-order valence-corrected chi connectivity index (χ3v) is 2.90. The van der Waals surface area contributed by atoms with Crippen molar-refractivity contribution >= 4 is 29.4 Å². The third-order valence-electron chi connectivity index (χ3n) is 2.65. The minimum Gasteiger partial charge on any atom is -0.326 e. The monoisotopic (exact) mass is 287 g/mol. The first-order valence-corrected chi connectivity index (χ1v) is 6.45. The van der Waals surface area contributed by atoms with Gasteiger partial charge >= 0.3 is 0 Å². The van der Waals surface area contributed by atoms with Gasteiger partial charge in [0.25, 0.3) is 0 Å². The molecule has 102 valence electrons. The van der Waals surface area contributed by atoms with Gasteiger partial charge in [0.05, 0.1) is 0 Å². The van der Waals surface area contributed by atoms with Crippen molar-refractivity contribution in [3.8, 4) is 0 Å². The predicted molar refractivity (Wildman–Crippen MR) is 81.2 cm³/mol. The van der Waals surface area contributed by atoms with Gasteiger partial charge in [0, 0.05) is 29.4 Å². The lowest BCUT2D eigenvalue weighted by atomic mass is 10.2. The molecule has 0 aliphatic carbocycles. The van der Waals surface area contributed by atoms with E-state index in [1.54, 1.807) is 30.5 Å². The largest absolute Gasteiger partial charge is 0.326 e. The molecular weight excluding hydrogens is 274 g/mol. The Labute approximate surface area is 122 Å². The molecule has 2 aromatic rings. The first-order chi connectivity index (χ1) is 9.69. The van der Waals surface area contributed by atoms with E-state index < -0.39 is 0 Å². The molecule has 2 rings (SSSR count). The van der Waals surface area contributed by atoms with Gasteiger partial charge in [-0.05, 0) is 29.8 Å². The number of nitrogens with one attached hydrogen (secondary N) is 1. The summed E-state index contributed by atoms with van der Waals surface area (Å²) >= 11 is 5.79. The second kappa shape index (κ2) is 6.84. The van der Waals surface area contributed by atoms with E-state index in [4.69, 9.17) is 17.3 Å². The number of carbonyl (C=O) groups is 1. The third kappa shape index (κ3) is 3.91. The quantitative estimate of drug-likeness (QED) is 0.850. The predicted octanol–water partition coefficient (Wildman–Crippen LogP) is 2.85. The van der Waals surface area contributed by atoms with Crippen molar-refractivity contribution in [1.82, 2.24) is 4.98 Å². The number of halogens is 1. The summed E-state index contributed by atoms with van der Waals surface area (Å²) in [5, 5.41) is 3.36. The standard InChI is InChI=1S/C15H14ClN3O/c16-13-6-3-11(4-7-13)5-8-14(20)19-15-12(10-17)2-1-9-18-15/h1-9H,10,17H2,(H,18,19,20)/b8-5+. The average Bonchev–Trinajstić information content (AvgIpc) is 2.47. The summed E-state index contributed by atoms with van der Waals surface area (Å²) in [5.41, 5.74) is 7.27. The fraction of sp³-hybridized carbons (Fsp3) is 0.0667. The van der Waals surface area contributed by atoms with Crippen molar-refractivity contribution in [3.05, 3.63) is 64.8 Å². The minimum atomic E-state index is -0.256. The number of carbonyl (C=O) groups excluding carboxylic acids is 1. The van der Waals surface area contributed by atoms with Gasteiger partial charge in [0.2, 0.25) is 5.91 Å². The van der Waals surface area contributed by atoms with E-state index >= 15 is 0 Å². The van der Waals surface area contributed by atoms with Gasteiger partial charge in [-0.2, -0.15) is 0 Å². The number of aromatic nitrogens is 1. The zero-order valence-corrected chi connectivity index (χ0v) is 11.5. The highest BCUT2D eigenvalue weighted by molar-refractivity contribution is 6.30. The van der Waals surface area contributed by atoms with Crippen LogP contribution < -0.4 is 11.1 Å². The summed E-state index contributed by atoms with van der Waals surface area (Å²) in [6.07, 6.45) is 4.76. The summed E-state index contributed by atoms with van der Waals surface area (Å²) in [4.78, 5) is 15.9. The summed E-state index contributed by atoms with van der Waals surface area (Å²) in [7, 11) is 0. The number of anilines is 1. The molecule has 0 fully saturated rings. The molecule has 0 aliphatic rings. The lowest BCUT2D eigenvalue weighted by molar-refractivity contribution is -0.111. The average molecular weight is 288 g/mol. The fourth-order valence-electron chi connectivity index (χ4n) is 1.62. The van der Waals surface area contributed by atoms with Gasteiger partial charge in [0.1, 0.15) is 5.82 Å². The number of hydrogen-bond acceptors (Lipinski definition) is 3. The van der Waals surface area contributed by atoms with E-state index in [0.29, 0.717) is 17.4 Å². The van der Waals surface area contributed by atoms with E-state index in [9.17, 15) is 4.79 Å². The van der Waals surface area contributed by atoms with Crippen molar-refractivity contribution in [2.75, 3.05) is 5.32 Å². The van der Waals surface area contributed by atoms with Gasteiger partial charge in [0.15, 0.2) is 0 Å². The van der Waals surface area contributed by atoms with Gasteiger partial charge in [-0.1, -0.05) is 29.8 Å². The number of pyridine rings is 1. The second-order valence-electron chi connectivity index (χ2n) is 4.09. The Bertz CT molecular complexity index is 623. The molecule has 0 spiro atoms. The van der Waals surface area contributed by atoms with Crippen LogP contribution in [0.15, 0.2) is 48.7 Å². The Morgan fingerprint density at radius 1 is 1.30 bits per heavy atom. The van der Waals surface area contributed by atoms with E-state index in [1.807, 2.05) is 18.2 Å². The van der Waals surface area contributed by atoms with Gasteiger partial charge in [-0.3, -0.25) is 4.79 Å². The molecule has 1 aromatic heterocycles. The van der Waals surface area contributed by atoms with Crippen LogP contribution in [-0.4, -0.2) is 10.9 Å². The molecule has 0 atom stereocenters. The lowest BCUT2D eigenvalue weighted by Gasteiger charge is -2.05. The van der Waals surface area contributed by atoms with E-state index in [1.165, 1.54) is 6.08 Å². The van der Waals surface area contributed by atoms with Gasteiger partial charge < -0.3 is 11.1 Å². The van der Waals surface area contributed by atoms with Crippen molar-refractivity contribution in [3.63, 3.8) is 0 Å². The molecule has 5 heteroatoms. The lowest BCUT2D eigenvalue weighted by Crippen LogP contribution is -2.12. The van der Waals surface area contributed by atoms with Crippen LogP contribution in [0.2, 0.25) is 5.02 Å². The number of nitrogens with zero attached hydrogens (tertiary/aromatic N) is 1. The maximum atomic E-state index is 11.8. The molecule has 20 heavy (non-hydrogen) atoms. The summed E-state index contributed by atoms with van der Waals surface area (Å²) in [6.45, 7) is 0.324. The number of benzene rings is 1. The van der Waals surface area contributed by atoms with Gasteiger partial charge in [-0.25, -0.2) is 4.98 Å². The van der Waals surface area contributed by atoms with Gasteiger partial charge in [-0.15, -0.1) is 0 Å². The Morgan fingerprint density at radius 3 is 2.75 bits per heavy atom. The molecular formula is C15H14ClN3O. The Kier molecular flexibility index (Phi) is 4.87. The topological polar surface area (TPSA) is 68.0 Å². The maximum absolute atomic E-state index is 11.8. The molecule has 1 heterocycles. The molecule has 0 saturated carbocycles. The van der Waals surface area contributed by atoms with Crippen molar-refractivity contribution in [2.24, 2.45) is 5.73 Å². The number of amides is 1. The first kappa shape index (κ1) is 14.2. The molecule has 0 radical (unpaired) electrons. The van der Waals surface area contributed by atoms with Crippen LogP contribution in [0.4, 0.5) is 5.82 Å². The van der Waals surface area contributed by atoms with Crippen molar-refractivity contribution < 1.29 is 4.79 Å². The number of hydrogen-bond donors (Lipinski definition) is 2. The summed E-state index contributed by atoms with van der Waals surface area (Å²) < 4.78 is 0. The number of nitrogens with two attached hydrogens (primary N) is 1. The Balaban J connectivity index is 2.03. The van der Waals surface area contributed by atoms with Crippen molar-refractivity contribution in [1.29, 1.82) is 0 Å². The normalized spacial score (nSPS) is 10.7. The minimum absolute atomic E-state index is 0.256. The van der Waals surface area contributed by atoms with Crippen LogP contribution in [-0.2, 0) is 11.3 Å². The Morgan fingerprint density at radius 2 is 2.05 bits per heavy atom. The second-order valence-corrected chi connectivity index (χ2v) is 4.53. The first-order valence-electron chi connectivity index (χ1n) is 6.07. The van der Waals surface area contributed by atoms with Crippen LogP contribution in [0.5, 0.6) is 0 Å². The van der Waals surface area contributed by atoms with E-state index in [2.05, 4.69) is 10.3 Å². The van der Waals surface area contributed by atoms with E-state index in [-0.39, 0.29) is 5.91 Å².